The topological polar surface area (TPSA) is 21.7 Å². The molecule has 0 aromatic rings. The Hall–Kier alpha value is -0.120. The van der Waals surface area contributed by atoms with Gasteiger partial charge in [0.1, 0.15) is 0 Å². The van der Waals surface area contributed by atoms with Crippen LogP contribution in [-0.4, -0.2) is 51.0 Å². The van der Waals surface area contributed by atoms with Gasteiger partial charge in [-0.25, -0.2) is 0 Å². The first-order valence-corrected chi connectivity index (χ1v) is 7.48. The lowest BCUT2D eigenvalue weighted by molar-refractivity contribution is -0.0217. The summed E-state index contributed by atoms with van der Waals surface area (Å²) in [5.74, 6) is 1.76. The lowest BCUT2D eigenvalue weighted by atomic mass is 9.80. The van der Waals surface area contributed by atoms with Gasteiger partial charge in [0.2, 0.25) is 0 Å². The highest BCUT2D eigenvalue weighted by Gasteiger charge is 2.33. The second-order valence-corrected chi connectivity index (χ2v) is 6.21. The van der Waals surface area contributed by atoms with Crippen molar-refractivity contribution in [1.82, 2.24) is 4.90 Å². The zero-order valence-corrected chi connectivity index (χ0v) is 12.2. The third kappa shape index (κ3) is 3.69. The first-order valence-electron chi connectivity index (χ1n) is 7.48. The van der Waals surface area contributed by atoms with Gasteiger partial charge in [0.05, 0.1) is 6.10 Å². The van der Waals surface area contributed by atoms with Gasteiger partial charge in [-0.3, -0.25) is 0 Å². The normalized spacial score (nSPS) is 37.5. The Morgan fingerprint density at radius 1 is 1.11 bits per heavy atom. The monoisotopic (exact) mass is 255 g/mol. The van der Waals surface area contributed by atoms with E-state index in [0.29, 0.717) is 6.10 Å². The van der Waals surface area contributed by atoms with Gasteiger partial charge in [0, 0.05) is 33.4 Å². The van der Waals surface area contributed by atoms with E-state index < -0.39 is 0 Å². The SMILES string of the molecule is COCC[C@H]1CCN(C[C@H]2C[C@H](OC)C2)[C@@H](C)C1. The molecule has 1 aliphatic heterocycles. The number of hydrogen-bond acceptors (Lipinski definition) is 3. The maximum atomic E-state index is 5.36. The Labute approximate surface area is 112 Å². The van der Waals surface area contributed by atoms with Gasteiger partial charge in [0.25, 0.3) is 0 Å². The highest BCUT2D eigenvalue weighted by Crippen LogP contribution is 2.33. The van der Waals surface area contributed by atoms with Crippen molar-refractivity contribution >= 4 is 0 Å². The molecular weight excluding hydrogens is 226 g/mol. The van der Waals surface area contributed by atoms with Gasteiger partial charge in [-0.05, 0) is 57.4 Å². The Morgan fingerprint density at radius 2 is 1.89 bits per heavy atom. The van der Waals surface area contributed by atoms with Crippen molar-refractivity contribution in [3.63, 3.8) is 0 Å². The molecule has 0 radical (unpaired) electrons. The molecule has 0 N–H and O–H groups in total. The van der Waals surface area contributed by atoms with Crippen LogP contribution in [0.2, 0.25) is 0 Å². The lowest BCUT2D eigenvalue weighted by Crippen LogP contribution is -2.46. The fraction of sp³-hybridized carbons (Fsp3) is 1.00. The number of piperidine rings is 1. The van der Waals surface area contributed by atoms with Crippen LogP contribution in [0.5, 0.6) is 0 Å². The van der Waals surface area contributed by atoms with Gasteiger partial charge in [-0.2, -0.15) is 0 Å². The van der Waals surface area contributed by atoms with E-state index in [2.05, 4.69) is 11.8 Å². The Bertz CT molecular complexity index is 241. The number of methoxy groups -OCH3 is 2. The predicted molar refractivity (Wildman–Crippen MR) is 73.8 cm³/mol. The number of rotatable bonds is 6. The summed E-state index contributed by atoms with van der Waals surface area (Å²) in [6, 6.07) is 0.752. The smallest absolute Gasteiger partial charge is 0.0577 e. The predicted octanol–water partition coefficient (Wildman–Crippen LogP) is 2.55. The first kappa shape index (κ1) is 14.3. The minimum Gasteiger partial charge on any atom is -0.385 e. The van der Waals surface area contributed by atoms with Crippen LogP contribution in [0.1, 0.15) is 39.0 Å². The molecule has 0 amide bonds. The molecule has 1 aliphatic carbocycles. The minimum atomic E-state index is 0.546. The molecule has 0 spiro atoms. The standard InChI is InChI=1S/C15H29NO2/c1-12-8-13(5-7-17-2)4-6-16(12)11-14-9-15(10-14)18-3/h12-15H,4-11H2,1-3H3/t12-,13+,14-,15-/m0/s1. The van der Waals surface area contributed by atoms with E-state index in [4.69, 9.17) is 9.47 Å². The average molecular weight is 255 g/mol. The van der Waals surface area contributed by atoms with Crippen molar-refractivity contribution < 1.29 is 9.47 Å². The summed E-state index contributed by atoms with van der Waals surface area (Å²) < 4.78 is 10.6. The van der Waals surface area contributed by atoms with E-state index >= 15 is 0 Å². The molecule has 1 heterocycles. The third-order valence-corrected chi connectivity index (χ3v) is 4.87. The molecule has 0 unspecified atom stereocenters. The fourth-order valence-electron chi connectivity index (χ4n) is 3.48. The van der Waals surface area contributed by atoms with Crippen LogP contribution in [-0.2, 0) is 9.47 Å². The van der Waals surface area contributed by atoms with Gasteiger partial charge in [-0.15, -0.1) is 0 Å². The van der Waals surface area contributed by atoms with Crippen LogP contribution >= 0.6 is 0 Å². The van der Waals surface area contributed by atoms with Crippen molar-refractivity contribution in [3.05, 3.63) is 0 Å². The highest BCUT2D eigenvalue weighted by molar-refractivity contribution is 4.86. The molecular formula is C15H29NO2. The van der Waals surface area contributed by atoms with E-state index in [0.717, 1.165) is 24.5 Å². The van der Waals surface area contributed by atoms with Gasteiger partial charge < -0.3 is 14.4 Å². The van der Waals surface area contributed by atoms with Gasteiger partial charge in [0.15, 0.2) is 0 Å². The largest absolute Gasteiger partial charge is 0.385 e. The quantitative estimate of drug-likeness (QED) is 0.728. The minimum absolute atomic E-state index is 0.546. The van der Waals surface area contributed by atoms with Crippen LogP contribution in [0.15, 0.2) is 0 Å². The summed E-state index contributed by atoms with van der Waals surface area (Å²) >= 11 is 0. The Kier molecular flexibility index (Phi) is 5.46. The van der Waals surface area contributed by atoms with Gasteiger partial charge in [-0.1, -0.05) is 0 Å². The van der Waals surface area contributed by atoms with Gasteiger partial charge >= 0.3 is 0 Å². The van der Waals surface area contributed by atoms with Crippen LogP contribution < -0.4 is 0 Å². The summed E-state index contributed by atoms with van der Waals surface area (Å²) in [5, 5.41) is 0. The molecule has 0 aromatic heterocycles. The zero-order chi connectivity index (χ0) is 13.0. The molecule has 106 valence electrons. The molecule has 0 aromatic carbocycles. The van der Waals surface area contributed by atoms with Crippen molar-refractivity contribution in [2.45, 2.75) is 51.2 Å². The third-order valence-electron chi connectivity index (χ3n) is 4.87. The molecule has 1 saturated carbocycles. The molecule has 3 heteroatoms. The van der Waals surface area contributed by atoms with Crippen LogP contribution in [0.4, 0.5) is 0 Å². The zero-order valence-electron chi connectivity index (χ0n) is 12.2. The van der Waals surface area contributed by atoms with Crippen LogP contribution in [0, 0.1) is 11.8 Å². The number of likely N-dealkylation sites (tertiary alicyclic amines) is 1. The Balaban J connectivity index is 1.66. The summed E-state index contributed by atoms with van der Waals surface area (Å²) in [5.41, 5.74) is 0. The summed E-state index contributed by atoms with van der Waals surface area (Å²) in [4.78, 5) is 2.69. The lowest BCUT2D eigenvalue weighted by Gasteiger charge is -2.43. The number of nitrogens with zero attached hydrogens (tertiary/aromatic N) is 1. The molecule has 1 saturated heterocycles. The van der Waals surface area contributed by atoms with Crippen molar-refractivity contribution in [3.8, 4) is 0 Å². The summed E-state index contributed by atoms with van der Waals surface area (Å²) in [7, 11) is 3.65. The average Bonchev–Trinajstić information content (AvgIpc) is 2.32. The number of ether oxygens (including phenoxy) is 2. The second-order valence-electron chi connectivity index (χ2n) is 6.21. The van der Waals surface area contributed by atoms with E-state index in [9.17, 15) is 0 Å². The molecule has 0 bridgehead atoms. The summed E-state index contributed by atoms with van der Waals surface area (Å²) in [6.07, 6.45) is 7.03. The maximum Gasteiger partial charge on any atom is 0.0577 e. The van der Waals surface area contributed by atoms with E-state index in [1.807, 2.05) is 7.11 Å². The molecule has 2 atom stereocenters. The van der Waals surface area contributed by atoms with E-state index in [-0.39, 0.29) is 0 Å². The van der Waals surface area contributed by atoms with E-state index in [1.54, 1.807) is 7.11 Å². The first-order chi connectivity index (χ1) is 8.72. The molecule has 2 rings (SSSR count). The van der Waals surface area contributed by atoms with E-state index in [1.165, 1.54) is 45.2 Å². The number of hydrogen-bond donors (Lipinski definition) is 0. The molecule has 3 nitrogen and oxygen atoms in total. The Morgan fingerprint density at radius 3 is 2.50 bits per heavy atom. The van der Waals surface area contributed by atoms with Crippen LogP contribution in [0.25, 0.3) is 0 Å². The fourth-order valence-corrected chi connectivity index (χ4v) is 3.48. The van der Waals surface area contributed by atoms with Crippen molar-refractivity contribution in [1.29, 1.82) is 0 Å². The molecule has 2 fully saturated rings. The van der Waals surface area contributed by atoms with Crippen molar-refractivity contribution in [2.75, 3.05) is 33.9 Å². The maximum absolute atomic E-state index is 5.36. The molecule has 18 heavy (non-hydrogen) atoms. The van der Waals surface area contributed by atoms with Crippen LogP contribution in [0.3, 0.4) is 0 Å². The second kappa shape index (κ2) is 6.88. The molecule has 2 aliphatic rings. The highest BCUT2D eigenvalue weighted by atomic mass is 16.5. The van der Waals surface area contributed by atoms with Crippen molar-refractivity contribution in [2.24, 2.45) is 11.8 Å². The summed E-state index contributed by atoms with van der Waals surface area (Å²) in [6.45, 7) is 5.89.